The number of phenols is 1. The summed E-state index contributed by atoms with van der Waals surface area (Å²) in [5.41, 5.74) is 2.93. The third-order valence-corrected chi connectivity index (χ3v) is 9.96. The molecule has 2 amide bonds. The van der Waals surface area contributed by atoms with Gasteiger partial charge in [0.1, 0.15) is 5.75 Å². The highest BCUT2D eigenvalue weighted by atomic mass is 16.3. The molecule has 0 spiro atoms. The number of ketones is 4. The predicted molar refractivity (Wildman–Crippen MR) is 147 cm³/mol. The van der Waals surface area contributed by atoms with Crippen LogP contribution in [-0.2, 0) is 30.4 Å². The van der Waals surface area contributed by atoms with E-state index in [1.165, 1.54) is 25.1 Å². The first-order valence-corrected chi connectivity index (χ1v) is 14.6. The Morgan fingerprint density at radius 2 is 1.67 bits per heavy atom. The normalized spacial score (nSPS) is 33.2. The molecule has 42 heavy (non-hydrogen) atoms. The molecule has 0 aromatic heterocycles. The van der Waals surface area contributed by atoms with Crippen molar-refractivity contribution in [1.29, 1.82) is 0 Å². The van der Waals surface area contributed by atoms with E-state index in [0.717, 1.165) is 25.7 Å². The average molecular weight is 581 g/mol. The first kappa shape index (κ1) is 28.6. The van der Waals surface area contributed by atoms with Crippen molar-refractivity contribution in [3.63, 3.8) is 0 Å². The number of nitrogens with zero attached hydrogens (tertiary/aromatic N) is 2. The molecule has 12 nitrogen and oxygen atoms in total. The highest BCUT2D eigenvalue weighted by molar-refractivity contribution is 6.32. The summed E-state index contributed by atoms with van der Waals surface area (Å²) in [7, 11) is 3.08. The number of carbonyl (C=O) groups is 6. The van der Waals surface area contributed by atoms with Gasteiger partial charge in [0.25, 0.3) is 0 Å². The number of aliphatic hydroxyl groups is 1. The zero-order valence-electron chi connectivity index (χ0n) is 23.8. The van der Waals surface area contributed by atoms with Crippen LogP contribution in [0.4, 0.5) is 5.69 Å². The summed E-state index contributed by atoms with van der Waals surface area (Å²) >= 11 is 0. The summed E-state index contributed by atoms with van der Waals surface area (Å²) in [6, 6.07) is 2.32. The highest BCUT2D eigenvalue weighted by Crippen LogP contribution is 2.51. The number of likely N-dealkylation sites (N-methyl/N-ethyl adjacent to an activating group) is 1. The quantitative estimate of drug-likeness (QED) is 0.249. The van der Waals surface area contributed by atoms with Crippen molar-refractivity contribution in [2.24, 2.45) is 29.4 Å². The molecule has 4 saturated carbocycles. The Balaban J connectivity index is 1.32. The van der Waals surface area contributed by atoms with E-state index in [1.54, 1.807) is 6.07 Å². The number of rotatable bonds is 7. The van der Waals surface area contributed by atoms with E-state index < -0.39 is 76.1 Å². The Morgan fingerprint density at radius 3 is 2.21 bits per heavy atom. The van der Waals surface area contributed by atoms with Gasteiger partial charge in [-0.25, -0.2) is 0 Å². The number of hydrogen-bond acceptors (Lipinski definition) is 10. The van der Waals surface area contributed by atoms with Crippen molar-refractivity contribution >= 4 is 40.6 Å². The first-order valence-electron chi connectivity index (χ1n) is 14.6. The van der Waals surface area contributed by atoms with Crippen molar-refractivity contribution in [2.75, 3.05) is 19.4 Å². The number of phenolic OH excluding ortho intramolecular Hbond substituents is 1. The molecule has 5 unspecified atom stereocenters. The van der Waals surface area contributed by atoms with Crippen LogP contribution in [-0.4, -0.2) is 98.8 Å². The molecule has 5 aliphatic rings. The van der Waals surface area contributed by atoms with Gasteiger partial charge in [-0.2, -0.15) is 0 Å². The number of hydrogen-bond donors (Lipinski definition) is 4. The van der Waals surface area contributed by atoms with E-state index in [1.807, 2.05) is 6.92 Å². The van der Waals surface area contributed by atoms with Crippen LogP contribution >= 0.6 is 0 Å². The SMILES string of the molecule is CC(C(=O)Nc1ccc2c(c1O)C(=O)C1C(=O)[C@]3(O)C(=O)C(C(N)=O)C(=O)[C@@H](N(C)C)C3CC1C2)N(C1CC1)C1CC1. The number of nitrogens with two attached hydrogens (primary N) is 1. The molecule has 12 heteroatoms. The Labute approximate surface area is 242 Å². The van der Waals surface area contributed by atoms with Crippen molar-refractivity contribution in [3.05, 3.63) is 23.3 Å². The van der Waals surface area contributed by atoms with E-state index >= 15 is 0 Å². The van der Waals surface area contributed by atoms with E-state index in [4.69, 9.17) is 5.73 Å². The number of anilines is 1. The van der Waals surface area contributed by atoms with Gasteiger partial charge >= 0.3 is 0 Å². The minimum absolute atomic E-state index is 0.0151. The van der Waals surface area contributed by atoms with Crippen LogP contribution in [0.3, 0.4) is 0 Å². The molecule has 0 saturated heterocycles. The molecule has 5 aliphatic carbocycles. The minimum Gasteiger partial charge on any atom is -0.505 e. The van der Waals surface area contributed by atoms with Crippen LogP contribution < -0.4 is 11.1 Å². The van der Waals surface area contributed by atoms with Crippen LogP contribution in [0.2, 0.25) is 0 Å². The van der Waals surface area contributed by atoms with Crippen LogP contribution in [0, 0.1) is 23.7 Å². The summed E-state index contributed by atoms with van der Waals surface area (Å²) in [6.45, 7) is 1.82. The van der Waals surface area contributed by atoms with Gasteiger partial charge in [0.2, 0.25) is 11.8 Å². The monoisotopic (exact) mass is 580 g/mol. The topological polar surface area (TPSA) is 187 Å². The molecule has 0 heterocycles. The lowest BCUT2D eigenvalue weighted by Crippen LogP contribution is -2.74. The lowest BCUT2D eigenvalue weighted by Gasteiger charge is -2.52. The van der Waals surface area contributed by atoms with E-state index in [9.17, 15) is 39.0 Å². The Hall–Kier alpha value is -3.48. The third kappa shape index (κ3) is 4.14. The largest absolute Gasteiger partial charge is 0.505 e. The summed E-state index contributed by atoms with van der Waals surface area (Å²) in [5.74, 6) is -11.4. The van der Waals surface area contributed by atoms with Crippen molar-refractivity contribution in [2.45, 2.75) is 75.2 Å². The lowest BCUT2D eigenvalue weighted by atomic mass is 9.52. The van der Waals surface area contributed by atoms with Gasteiger partial charge in [0.15, 0.2) is 34.7 Å². The predicted octanol–water partition coefficient (Wildman–Crippen LogP) is -0.179. The molecule has 0 aliphatic heterocycles. The standard InChI is InChI=1S/C30H36N4O8/c1-12(34(15-5-6-15)16-7-8-16)29(41)32-18-9-4-13-10-14-11-17-22(33(2)3)25(37)21(28(31)40)27(39)30(17,42)26(38)20(14)24(36)19(13)23(18)35/h4,9,12,14-17,20-22,35,42H,5-8,10-11H2,1-3H3,(H2,31,40)(H,32,41)/t12?,14?,17?,20?,21?,22-,30-/m0/s1. The van der Waals surface area contributed by atoms with Crippen LogP contribution in [0.1, 0.15) is 54.9 Å². The van der Waals surface area contributed by atoms with E-state index in [2.05, 4.69) is 10.2 Å². The fraction of sp³-hybridized carbons (Fsp3) is 0.600. The number of amides is 2. The number of Topliss-reactive ketones (excluding diaryl/α,β-unsaturated/α-hetero) is 4. The van der Waals surface area contributed by atoms with Crippen LogP contribution in [0.15, 0.2) is 12.1 Å². The fourth-order valence-electron chi connectivity index (χ4n) is 7.73. The van der Waals surface area contributed by atoms with Gasteiger partial charge < -0.3 is 21.3 Å². The first-order chi connectivity index (χ1) is 19.8. The number of fused-ring (bicyclic) bond motifs is 3. The molecule has 7 atom stereocenters. The fourth-order valence-corrected chi connectivity index (χ4v) is 7.73. The average Bonchev–Trinajstić information content (AvgIpc) is 3.84. The molecular weight excluding hydrogens is 544 g/mol. The van der Waals surface area contributed by atoms with Crippen molar-refractivity contribution in [3.8, 4) is 5.75 Å². The molecule has 5 N–H and O–H groups in total. The maximum atomic E-state index is 13.9. The summed E-state index contributed by atoms with van der Waals surface area (Å²) in [4.78, 5) is 83.3. The Kier molecular flexibility index (Phi) is 6.67. The van der Waals surface area contributed by atoms with E-state index in [0.29, 0.717) is 17.6 Å². The van der Waals surface area contributed by atoms with Gasteiger partial charge in [-0.3, -0.25) is 38.6 Å². The Morgan fingerprint density at radius 1 is 1.05 bits per heavy atom. The summed E-state index contributed by atoms with van der Waals surface area (Å²) < 4.78 is 0. The number of benzene rings is 1. The second-order valence-electron chi connectivity index (χ2n) is 12.9. The number of aromatic hydroxyl groups is 1. The number of carbonyl (C=O) groups excluding carboxylic acids is 6. The van der Waals surface area contributed by atoms with Crippen molar-refractivity contribution in [1.82, 2.24) is 9.80 Å². The molecule has 6 rings (SSSR count). The van der Waals surface area contributed by atoms with Gasteiger partial charge in [-0.15, -0.1) is 0 Å². The molecular formula is C30H36N4O8. The smallest absolute Gasteiger partial charge is 0.241 e. The third-order valence-electron chi connectivity index (χ3n) is 9.96. The lowest BCUT2D eigenvalue weighted by molar-refractivity contribution is -0.181. The second kappa shape index (κ2) is 9.78. The Bertz CT molecular complexity index is 1420. The van der Waals surface area contributed by atoms with Gasteiger partial charge in [-0.05, 0) is 77.1 Å². The maximum absolute atomic E-state index is 13.9. The second-order valence-corrected chi connectivity index (χ2v) is 12.9. The van der Waals surface area contributed by atoms with E-state index in [-0.39, 0.29) is 30.0 Å². The van der Waals surface area contributed by atoms with Gasteiger partial charge in [0.05, 0.1) is 29.3 Å². The van der Waals surface area contributed by atoms with Gasteiger partial charge in [0, 0.05) is 18.0 Å². The van der Waals surface area contributed by atoms with Crippen molar-refractivity contribution < 1.29 is 39.0 Å². The van der Waals surface area contributed by atoms with Crippen LogP contribution in [0.5, 0.6) is 5.75 Å². The summed E-state index contributed by atoms with van der Waals surface area (Å²) in [5, 5.41) is 25.6. The van der Waals surface area contributed by atoms with Gasteiger partial charge in [-0.1, -0.05) is 6.07 Å². The summed E-state index contributed by atoms with van der Waals surface area (Å²) in [6.07, 6.45) is 4.33. The molecule has 1 aromatic rings. The number of primary amides is 1. The molecule has 0 bridgehead atoms. The number of nitrogens with one attached hydrogen (secondary N) is 1. The molecule has 224 valence electrons. The molecule has 4 fully saturated rings. The van der Waals surface area contributed by atoms with Crippen LogP contribution in [0.25, 0.3) is 0 Å². The molecule has 1 aromatic carbocycles. The zero-order chi connectivity index (χ0) is 30.4. The minimum atomic E-state index is -2.77. The maximum Gasteiger partial charge on any atom is 0.241 e. The zero-order valence-corrected chi connectivity index (χ0v) is 23.8. The highest BCUT2D eigenvalue weighted by Gasteiger charge is 2.69. The molecule has 0 radical (unpaired) electrons.